The normalized spacial score (nSPS) is 12.7. The van der Waals surface area contributed by atoms with Gasteiger partial charge in [-0.05, 0) is 36.4 Å². The quantitative estimate of drug-likeness (QED) is 0.596. The van der Waals surface area contributed by atoms with E-state index >= 15 is 0 Å². The molecule has 3 aromatic rings. The summed E-state index contributed by atoms with van der Waals surface area (Å²) in [6.45, 7) is 0.340. The molecule has 0 radical (unpaired) electrons. The van der Waals surface area contributed by atoms with E-state index in [2.05, 4.69) is 11.1 Å². The van der Waals surface area contributed by atoms with E-state index in [0.29, 0.717) is 17.1 Å². The van der Waals surface area contributed by atoms with Crippen molar-refractivity contribution in [3.63, 3.8) is 0 Å². The van der Waals surface area contributed by atoms with Crippen molar-refractivity contribution >= 4 is 34.9 Å². The summed E-state index contributed by atoms with van der Waals surface area (Å²) in [5.74, 6) is 0.529. The van der Waals surface area contributed by atoms with Crippen LogP contribution in [0.4, 0.5) is 15.9 Å². The Hall–Kier alpha value is -2.04. The van der Waals surface area contributed by atoms with Crippen LogP contribution in [0.3, 0.4) is 0 Å². The van der Waals surface area contributed by atoms with Crippen LogP contribution < -0.4 is 4.90 Å². The molecule has 114 valence electrons. The molecule has 4 rings (SSSR count). The van der Waals surface area contributed by atoms with E-state index in [1.807, 2.05) is 35.2 Å². The van der Waals surface area contributed by atoms with Crippen molar-refractivity contribution < 1.29 is 4.39 Å². The lowest BCUT2D eigenvalue weighted by Crippen LogP contribution is -2.22. The standard InChI is InChI=1S/C18H12ClFN2S/c19-13-5-3-6-14(20)12(13)11-22-15-7-1-2-8-16(15)23-17-9-4-10-21-18(17)22/h1-10H,11H2. The number of pyridine rings is 1. The van der Waals surface area contributed by atoms with Crippen molar-refractivity contribution in [1.82, 2.24) is 4.98 Å². The molecule has 0 unspecified atom stereocenters. The van der Waals surface area contributed by atoms with Gasteiger partial charge in [0.2, 0.25) is 0 Å². The molecule has 1 aromatic heterocycles. The number of rotatable bonds is 2. The van der Waals surface area contributed by atoms with Crippen LogP contribution in [0, 0.1) is 5.82 Å². The Balaban J connectivity index is 1.85. The van der Waals surface area contributed by atoms with E-state index in [1.54, 1.807) is 30.1 Å². The maximum absolute atomic E-state index is 14.2. The zero-order valence-electron chi connectivity index (χ0n) is 12.0. The van der Waals surface area contributed by atoms with Crippen LogP contribution in [0.1, 0.15) is 5.56 Å². The van der Waals surface area contributed by atoms with Gasteiger partial charge < -0.3 is 4.90 Å². The van der Waals surface area contributed by atoms with Gasteiger partial charge in [0.1, 0.15) is 11.6 Å². The Morgan fingerprint density at radius 3 is 2.70 bits per heavy atom. The molecule has 2 nitrogen and oxygen atoms in total. The summed E-state index contributed by atoms with van der Waals surface area (Å²) in [4.78, 5) is 8.69. The van der Waals surface area contributed by atoms with Crippen molar-refractivity contribution in [2.24, 2.45) is 0 Å². The van der Waals surface area contributed by atoms with Crippen molar-refractivity contribution in [2.45, 2.75) is 16.3 Å². The first-order valence-corrected chi connectivity index (χ1v) is 8.36. The lowest BCUT2D eigenvalue weighted by molar-refractivity contribution is 0.608. The number of benzene rings is 2. The molecular formula is C18H12ClFN2S. The van der Waals surface area contributed by atoms with Crippen LogP contribution in [0.25, 0.3) is 0 Å². The molecule has 2 aromatic carbocycles. The van der Waals surface area contributed by atoms with Crippen LogP contribution in [-0.4, -0.2) is 4.98 Å². The molecule has 0 fully saturated rings. The molecule has 0 atom stereocenters. The Morgan fingerprint density at radius 1 is 1.00 bits per heavy atom. The first-order chi connectivity index (χ1) is 11.2. The fraction of sp³-hybridized carbons (Fsp3) is 0.0556. The van der Waals surface area contributed by atoms with E-state index in [-0.39, 0.29) is 5.82 Å². The van der Waals surface area contributed by atoms with Crippen LogP contribution in [0.2, 0.25) is 5.02 Å². The van der Waals surface area contributed by atoms with Gasteiger partial charge in [-0.1, -0.05) is 41.6 Å². The second kappa shape index (κ2) is 5.87. The number of halogens is 2. The van der Waals surface area contributed by atoms with Gasteiger partial charge in [-0.3, -0.25) is 0 Å². The van der Waals surface area contributed by atoms with Gasteiger partial charge in [-0.2, -0.15) is 0 Å². The number of para-hydroxylation sites is 1. The zero-order chi connectivity index (χ0) is 15.8. The molecule has 0 saturated carbocycles. The van der Waals surface area contributed by atoms with Crippen LogP contribution >= 0.6 is 23.4 Å². The maximum atomic E-state index is 14.2. The Morgan fingerprint density at radius 2 is 1.83 bits per heavy atom. The third kappa shape index (κ3) is 2.58. The summed E-state index contributed by atoms with van der Waals surface area (Å²) >= 11 is 7.88. The highest BCUT2D eigenvalue weighted by Gasteiger charge is 2.25. The molecule has 0 spiro atoms. The minimum absolute atomic E-state index is 0.300. The lowest BCUT2D eigenvalue weighted by atomic mass is 10.1. The fourth-order valence-corrected chi connectivity index (χ4v) is 3.96. The van der Waals surface area contributed by atoms with E-state index < -0.39 is 0 Å². The summed E-state index contributed by atoms with van der Waals surface area (Å²) in [7, 11) is 0. The third-order valence-corrected chi connectivity index (χ3v) is 5.22. The Kier molecular flexibility index (Phi) is 3.71. The van der Waals surface area contributed by atoms with Crippen molar-refractivity contribution in [3.05, 3.63) is 77.2 Å². The summed E-state index contributed by atoms with van der Waals surface area (Å²) < 4.78 is 14.2. The van der Waals surface area contributed by atoms with Crippen molar-refractivity contribution in [1.29, 1.82) is 0 Å². The second-order valence-electron chi connectivity index (χ2n) is 5.18. The Bertz CT molecular complexity index is 819. The SMILES string of the molecule is Fc1cccc(Cl)c1CN1c2ccccc2Sc2cccnc21. The van der Waals surface area contributed by atoms with Gasteiger partial charge in [-0.15, -0.1) is 0 Å². The summed E-state index contributed by atoms with van der Waals surface area (Å²) in [6, 6.07) is 16.8. The minimum Gasteiger partial charge on any atom is -0.320 e. The largest absolute Gasteiger partial charge is 0.320 e. The monoisotopic (exact) mass is 342 g/mol. The zero-order valence-corrected chi connectivity index (χ0v) is 13.6. The Labute approximate surface area is 142 Å². The molecule has 0 saturated heterocycles. The van der Waals surface area contributed by atoms with Gasteiger partial charge >= 0.3 is 0 Å². The van der Waals surface area contributed by atoms with Gasteiger partial charge in [0.25, 0.3) is 0 Å². The minimum atomic E-state index is -0.300. The molecule has 0 N–H and O–H groups in total. The molecule has 0 bridgehead atoms. The van der Waals surface area contributed by atoms with Gasteiger partial charge in [0.15, 0.2) is 0 Å². The van der Waals surface area contributed by atoms with Gasteiger partial charge in [0.05, 0.1) is 17.1 Å². The molecule has 1 aliphatic heterocycles. The highest BCUT2D eigenvalue weighted by atomic mass is 35.5. The number of anilines is 2. The topological polar surface area (TPSA) is 16.1 Å². The van der Waals surface area contributed by atoms with E-state index in [4.69, 9.17) is 11.6 Å². The average Bonchev–Trinajstić information content (AvgIpc) is 2.57. The molecule has 2 heterocycles. The number of hydrogen-bond donors (Lipinski definition) is 0. The molecule has 0 amide bonds. The number of fused-ring (bicyclic) bond motifs is 2. The molecule has 1 aliphatic rings. The van der Waals surface area contributed by atoms with Gasteiger partial charge in [-0.25, -0.2) is 9.37 Å². The van der Waals surface area contributed by atoms with Crippen LogP contribution in [0.15, 0.2) is 70.6 Å². The predicted molar refractivity (Wildman–Crippen MR) is 92.1 cm³/mol. The first-order valence-electron chi connectivity index (χ1n) is 7.16. The smallest absolute Gasteiger partial charge is 0.147 e. The summed E-state index contributed by atoms with van der Waals surface area (Å²) in [5, 5.41) is 0.429. The van der Waals surface area contributed by atoms with E-state index in [0.717, 1.165) is 21.3 Å². The predicted octanol–water partition coefficient (Wildman–Crippen LogP) is 5.68. The molecule has 5 heteroatoms. The van der Waals surface area contributed by atoms with E-state index in [1.165, 1.54) is 6.07 Å². The lowest BCUT2D eigenvalue weighted by Gasteiger charge is -2.31. The van der Waals surface area contributed by atoms with Gasteiger partial charge in [0, 0.05) is 21.7 Å². The first kappa shape index (κ1) is 14.5. The highest BCUT2D eigenvalue weighted by Crippen LogP contribution is 2.47. The molecule has 23 heavy (non-hydrogen) atoms. The summed E-state index contributed by atoms with van der Waals surface area (Å²) in [5.41, 5.74) is 1.50. The van der Waals surface area contributed by atoms with Crippen molar-refractivity contribution in [3.8, 4) is 0 Å². The second-order valence-corrected chi connectivity index (χ2v) is 6.67. The third-order valence-electron chi connectivity index (χ3n) is 3.76. The van der Waals surface area contributed by atoms with Crippen LogP contribution in [0.5, 0.6) is 0 Å². The number of hydrogen-bond acceptors (Lipinski definition) is 3. The maximum Gasteiger partial charge on any atom is 0.147 e. The number of aromatic nitrogens is 1. The molecular weight excluding hydrogens is 331 g/mol. The van der Waals surface area contributed by atoms with E-state index in [9.17, 15) is 4.39 Å². The highest BCUT2D eigenvalue weighted by molar-refractivity contribution is 7.99. The molecule has 0 aliphatic carbocycles. The average molecular weight is 343 g/mol. The van der Waals surface area contributed by atoms with Crippen LogP contribution in [-0.2, 0) is 6.54 Å². The fourth-order valence-electron chi connectivity index (χ4n) is 2.67. The summed E-state index contributed by atoms with van der Waals surface area (Å²) in [6.07, 6.45) is 1.75. The van der Waals surface area contributed by atoms with Crippen molar-refractivity contribution in [2.75, 3.05) is 4.90 Å². The number of nitrogens with zero attached hydrogens (tertiary/aromatic N) is 2.